The summed E-state index contributed by atoms with van der Waals surface area (Å²) >= 11 is 0. The third-order valence-electron chi connectivity index (χ3n) is 7.20. The second-order valence-corrected chi connectivity index (χ2v) is 16.4. The summed E-state index contributed by atoms with van der Waals surface area (Å²) in [6, 6.07) is 0. The molecule has 0 spiro atoms. The zero-order valence-electron chi connectivity index (χ0n) is 23.3. The molecule has 0 saturated carbocycles. The number of esters is 1. The van der Waals surface area contributed by atoms with Crippen LogP contribution < -0.4 is 0 Å². The zero-order valence-corrected chi connectivity index (χ0v) is 24.3. The van der Waals surface area contributed by atoms with Crippen molar-refractivity contribution in [3.05, 3.63) is 85.1 Å². The molecule has 0 aromatic rings. The fourth-order valence-electron chi connectivity index (χ4n) is 3.82. The summed E-state index contributed by atoms with van der Waals surface area (Å²) in [6.45, 7) is 34.1. The Balaban J connectivity index is 2.28. The molecular formula is C31H46O4Si. The lowest BCUT2D eigenvalue weighted by atomic mass is 9.92. The summed E-state index contributed by atoms with van der Waals surface area (Å²) in [7, 11) is -2.09. The largest absolute Gasteiger partial charge is 0.458 e. The Hall–Kier alpha value is -2.21. The molecule has 0 unspecified atom stereocenters. The third kappa shape index (κ3) is 8.72. The maximum atomic E-state index is 12.6. The van der Waals surface area contributed by atoms with Crippen LogP contribution in [-0.4, -0.2) is 38.7 Å². The van der Waals surface area contributed by atoms with E-state index in [1.165, 1.54) is 0 Å². The van der Waals surface area contributed by atoms with Crippen LogP contribution in [0.4, 0.5) is 0 Å². The average Bonchev–Trinajstić information content (AvgIpc) is 3.54. The number of carbonyl (C=O) groups is 1. The van der Waals surface area contributed by atoms with Crippen LogP contribution in [-0.2, 0) is 18.7 Å². The molecule has 0 amide bonds. The lowest BCUT2D eigenvalue weighted by Gasteiger charge is -2.39. The summed E-state index contributed by atoms with van der Waals surface area (Å²) in [4.78, 5) is 12.6. The maximum Gasteiger partial charge on any atom is 0.306 e. The summed E-state index contributed by atoms with van der Waals surface area (Å²) in [5.74, 6) is -0.257. The van der Waals surface area contributed by atoms with Crippen molar-refractivity contribution in [2.45, 2.75) is 102 Å². The second-order valence-electron chi connectivity index (χ2n) is 11.7. The number of carbonyl (C=O) groups excluding carboxylic acids is 1. The molecule has 5 heteroatoms. The van der Waals surface area contributed by atoms with Crippen LogP contribution >= 0.6 is 0 Å². The van der Waals surface area contributed by atoms with Gasteiger partial charge in [-0.2, -0.15) is 0 Å². The lowest BCUT2D eigenvalue weighted by molar-refractivity contribution is -0.146. The lowest BCUT2D eigenvalue weighted by Crippen LogP contribution is -2.46. The number of cyclic esters (lactones) is 1. The molecule has 2 rings (SSSR count). The minimum absolute atomic E-state index is 0.0526. The van der Waals surface area contributed by atoms with E-state index in [0.717, 1.165) is 34.3 Å². The van der Waals surface area contributed by atoms with Crippen LogP contribution in [0.15, 0.2) is 85.1 Å². The van der Waals surface area contributed by atoms with Crippen LogP contribution in [0.1, 0.15) is 59.8 Å². The molecule has 2 heterocycles. The molecule has 0 aliphatic carbocycles. The molecular weight excluding hydrogens is 464 g/mol. The number of epoxide rings is 1. The van der Waals surface area contributed by atoms with Crippen molar-refractivity contribution in [3.8, 4) is 0 Å². The molecule has 0 aromatic carbocycles. The van der Waals surface area contributed by atoms with Gasteiger partial charge >= 0.3 is 5.97 Å². The highest BCUT2D eigenvalue weighted by Crippen LogP contribution is 2.44. The Labute approximate surface area is 220 Å². The van der Waals surface area contributed by atoms with Gasteiger partial charge in [0.05, 0.1) is 6.10 Å². The second kappa shape index (κ2) is 12.4. The Morgan fingerprint density at radius 2 is 1.75 bits per heavy atom. The minimum atomic E-state index is -2.09. The van der Waals surface area contributed by atoms with Crippen LogP contribution in [0.5, 0.6) is 0 Å². The third-order valence-corrected chi connectivity index (χ3v) is 11.7. The molecule has 2 aliphatic rings. The van der Waals surface area contributed by atoms with Crippen molar-refractivity contribution in [1.29, 1.82) is 0 Å². The Morgan fingerprint density at radius 1 is 1.08 bits per heavy atom. The van der Waals surface area contributed by atoms with Gasteiger partial charge in [0.1, 0.15) is 18.3 Å². The van der Waals surface area contributed by atoms with Gasteiger partial charge in [-0.05, 0) is 67.1 Å². The molecule has 198 valence electrons. The zero-order chi connectivity index (χ0) is 27.3. The van der Waals surface area contributed by atoms with E-state index in [0.29, 0.717) is 19.3 Å². The van der Waals surface area contributed by atoms with Crippen LogP contribution in [0.3, 0.4) is 0 Å². The van der Waals surface area contributed by atoms with Crippen molar-refractivity contribution in [1.82, 2.24) is 0 Å². The fourth-order valence-corrected chi connectivity index (χ4v) is 5.11. The van der Waals surface area contributed by atoms with E-state index in [1.807, 2.05) is 31.2 Å². The molecule has 36 heavy (non-hydrogen) atoms. The van der Waals surface area contributed by atoms with Gasteiger partial charge in [-0.25, -0.2) is 0 Å². The van der Waals surface area contributed by atoms with Crippen LogP contribution in [0.2, 0.25) is 18.1 Å². The van der Waals surface area contributed by atoms with Gasteiger partial charge in [0.2, 0.25) is 0 Å². The molecule has 0 aromatic heterocycles. The predicted molar refractivity (Wildman–Crippen MR) is 153 cm³/mol. The fraction of sp³-hybridized carbons (Fsp3) is 0.516. The van der Waals surface area contributed by atoms with Gasteiger partial charge in [0.15, 0.2) is 8.32 Å². The number of ether oxygens (including phenoxy) is 2. The minimum Gasteiger partial charge on any atom is -0.458 e. The van der Waals surface area contributed by atoms with Crippen molar-refractivity contribution < 1.29 is 18.7 Å². The Kier molecular flexibility index (Phi) is 10.3. The molecule has 4 atom stereocenters. The summed E-state index contributed by atoms with van der Waals surface area (Å²) in [5.41, 5.74) is 4.54. The van der Waals surface area contributed by atoms with Gasteiger partial charge in [-0.15, -0.1) is 0 Å². The van der Waals surface area contributed by atoms with E-state index < -0.39 is 14.4 Å². The number of fused-ring (bicyclic) bond motifs is 1. The van der Waals surface area contributed by atoms with E-state index in [2.05, 4.69) is 66.8 Å². The van der Waals surface area contributed by atoms with Gasteiger partial charge in [0, 0.05) is 12.8 Å². The number of hydrogen-bond acceptors (Lipinski definition) is 4. The smallest absolute Gasteiger partial charge is 0.306 e. The van der Waals surface area contributed by atoms with Crippen molar-refractivity contribution in [2.24, 2.45) is 0 Å². The van der Waals surface area contributed by atoms with E-state index in [-0.39, 0.29) is 35.7 Å². The Bertz CT molecular complexity index is 960. The first-order valence-electron chi connectivity index (χ1n) is 12.8. The predicted octanol–water partition coefficient (Wildman–Crippen LogP) is 7.93. The van der Waals surface area contributed by atoms with Gasteiger partial charge in [-0.3, -0.25) is 4.79 Å². The monoisotopic (exact) mass is 510 g/mol. The molecule has 2 fully saturated rings. The average molecular weight is 511 g/mol. The number of allylic oxidation sites excluding steroid dienone is 6. The van der Waals surface area contributed by atoms with Crippen molar-refractivity contribution in [2.75, 3.05) is 0 Å². The highest BCUT2D eigenvalue weighted by atomic mass is 28.4. The van der Waals surface area contributed by atoms with Gasteiger partial charge in [-0.1, -0.05) is 83.0 Å². The number of rotatable bonds is 6. The van der Waals surface area contributed by atoms with Crippen molar-refractivity contribution in [3.63, 3.8) is 0 Å². The van der Waals surface area contributed by atoms with E-state index in [9.17, 15) is 4.79 Å². The molecule has 0 N–H and O–H groups in total. The van der Waals surface area contributed by atoms with E-state index in [1.54, 1.807) is 0 Å². The van der Waals surface area contributed by atoms with Gasteiger partial charge < -0.3 is 13.9 Å². The Morgan fingerprint density at radius 3 is 2.36 bits per heavy atom. The summed E-state index contributed by atoms with van der Waals surface area (Å²) in [6.07, 6.45) is 9.53. The summed E-state index contributed by atoms with van der Waals surface area (Å²) in [5, 5.41) is 0.0526. The van der Waals surface area contributed by atoms with Crippen LogP contribution in [0, 0.1) is 0 Å². The van der Waals surface area contributed by atoms with Crippen LogP contribution in [0.25, 0.3) is 0 Å². The molecule has 0 radical (unpaired) electrons. The SMILES string of the molecule is C=C(C)/C=C/C/C=C/[C@@H]1CC(=C)[C@H]2O[C@@H]2[C@@H](O[Si](C)(C)C(C)(C)C)C(=C)CC(=C)C(=C)CCC(=O)O1. The molecule has 2 saturated heterocycles. The number of hydrogen-bond donors (Lipinski definition) is 0. The van der Waals surface area contributed by atoms with E-state index >= 15 is 0 Å². The maximum absolute atomic E-state index is 12.6. The first-order chi connectivity index (χ1) is 16.6. The first kappa shape index (κ1) is 30.0. The quantitative estimate of drug-likeness (QED) is 0.120. The molecule has 0 bridgehead atoms. The standard InChI is InChI=1S/C31H46O4Si/c1-21(2)15-13-12-14-16-26-20-25(6)28-30(34-28)29(35-36(10,11)31(7,8)9)24(5)19-23(4)22(3)17-18-27(32)33-26/h13-16,26,28-30H,1,3-6,12,17-20H2,2,7-11H3/b15-13+,16-14+/t26-,28-,29+,30+/m1/s1. The highest BCUT2D eigenvalue weighted by molar-refractivity contribution is 6.74. The molecule has 4 nitrogen and oxygen atoms in total. The topological polar surface area (TPSA) is 48.1 Å². The highest BCUT2D eigenvalue weighted by Gasteiger charge is 2.51. The van der Waals surface area contributed by atoms with E-state index in [4.69, 9.17) is 13.9 Å². The molecule has 2 aliphatic heterocycles. The first-order valence-corrected chi connectivity index (χ1v) is 15.8. The van der Waals surface area contributed by atoms with Gasteiger partial charge in [0.25, 0.3) is 0 Å². The summed E-state index contributed by atoms with van der Waals surface area (Å²) < 4.78 is 18.8. The normalized spacial score (nSPS) is 27.2. The van der Waals surface area contributed by atoms with Crippen molar-refractivity contribution >= 4 is 14.3 Å².